The molecule has 1 aliphatic rings. The number of hydrazone groups is 1. The Morgan fingerprint density at radius 1 is 1.54 bits per heavy atom. The van der Waals surface area contributed by atoms with E-state index in [-0.39, 0.29) is 29.5 Å². The number of amidine groups is 1. The van der Waals surface area contributed by atoms with Crippen LogP contribution < -0.4 is 34.4 Å². The highest BCUT2D eigenvalue weighted by atomic mass is 127. The topological polar surface area (TPSA) is 38.4 Å². The molecule has 1 heterocycles. The molecule has 0 spiro atoms. The van der Waals surface area contributed by atoms with Gasteiger partial charge in [-0.1, -0.05) is 5.10 Å². The molecule has 0 aromatic rings. The van der Waals surface area contributed by atoms with Crippen molar-refractivity contribution in [2.75, 3.05) is 6.26 Å². The van der Waals surface area contributed by atoms with Gasteiger partial charge in [-0.15, -0.1) is 5.43 Å². The van der Waals surface area contributed by atoms with Crippen LogP contribution in [0.15, 0.2) is 5.10 Å². The quantitative estimate of drug-likeness (QED) is 0.466. The molecule has 0 aromatic carbocycles. The van der Waals surface area contributed by atoms with Gasteiger partial charge in [0.25, 0.3) is 0 Å². The van der Waals surface area contributed by atoms with E-state index in [0.29, 0.717) is 0 Å². The maximum Gasteiger partial charge on any atom is 0.329 e. The lowest BCUT2D eigenvalue weighted by atomic mass is 9.99. The molecular weight excluding hydrogens is 297 g/mol. The Kier molecular flexibility index (Phi) is 5.28. The Labute approximate surface area is 101 Å². The molecule has 1 aliphatic heterocycles. The van der Waals surface area contributed by atoms with Crippen molar-refractivity contribution < 1.29 is 29.0 Å². The maximum absolute atomic E-state index is 4.22. The fraction of sp³-hybridized carbons (Fsp3) is 0.750. The molecule has 0 saturated heterocycles. The minimum Gasteiger partial charge on any atom is -1.00 e. The van der Waals surface area contributed by atoms with Crippen LogP contribution in [-0.2, 0) is 0 Å². The Bertz CT molecular complexity index is 236. The van der Waals surface area contributed by atoms with Crippen LogP contribution in [0.2, 0.25) is 0 Å². The van der Waals surface area contributed by atoms with Crippen LogP contribution in [0.4, 0.5) is 0 Å². The zero-order valence-corrected chi connectivity index (χ0v) is 11.4. The van der Waals surface area contributed by atoms with Gasteiger partial charge in [-0.25, -0.2) is 0 Å². The molecule has 1 rings (SSSR count). The minimum atomic E-state index is 0. The average molecular weight is 313 g/mol. The highest BCUT2D eigenvalue weighted by Crippen LogP contribution is 2.05. The Hall–Kier alpha value is 0.220. The normalized spacial score (nSPS) is 20.3. The van der Waals surface area contributed by atoms with Crippen molar-refractivity contribution in [2.24, 2.45) is 5.10 Å². The smallest absolute Gasteiger partial charge is 0.329 e. The molecule has 5 heteroatoms. The zero-order valence-electron chi connectivity index (χ0n) is 8.44. The summed E-state index contributed by atoms with van der Waals surface area (Å²) in [6, 6.07) is 0. The summed E-state index contributed by atoms with van der Waals surface area (Å²) in [4.78, 5) is 3.39. The van der Waals surface area contributed by atoms with Crippen LogP contribution in [0.1, 0.15) is 27.2 Å². The van der Waals surface area contributed by atoms with Gasteiger partial charge in [0.2, 0.25) is 0 Å². The number of hydrogen-bond acceptors (Lipinski definition) is 3. The average Bonchev–Trinajstić information content (AvgIpc) is 2.07. The standard InChI is InChI=1S/C8H15N3S.HI/c1-6-5-8(2,3)9-7(12-4)11-10-6;/h5H2,1-4H3,(H,9,11);1H. The van der Waals surface area contributed by atoms with Crippen LogP contribution in [0.3, 0.4) is 0 Å². The van der Waals surface area contributed by atoms with E-state index in [4.69, 9.17) is 0 Å². The molecule has 0 aromatic heterocycles. The van der Waals surface area contributed by atoms with Crippen molar-refractivity contribution in [3.8, 4) is 0 Å². The van der Waals surface area contributed by atoms with Crippen molar-refractivity contribution >= 4 is 22.6 Å². The number of hydrogen-bond donors (Lipinski definition) is 2. The van der Waals surface area contributed by atoms with Gasteiger partial charge in [0.1, 0.15) is 5.54 Å². The Morgan fingerprint density at radius 2 is 2.15 bits per heavy atom. The Morgan fingerprint density at radius 3 is 2.69 bits per heavy atom. The first-order chi connectivity index (χ1) is 5.53. The SMILES string of the molecule is CSC1=[NH+]C(C)(C)CC(C)=NN1.[I-]. The molecular formula is C8H16IN3S. The monoisotopic (exact) mass is 313 g/mol. The highest BCUT2D eigenvalue weighted by molar-refractivity contribution is 8.12. The van der Waals surface area contributed by atoms with Gasteiger partial charge in [-0.3, -0.25) is 4.99 Å². The summed E-state index contributed by atoms with van der Waals surface area (Å²) in [7, 11) is 0. The van der Waals surface area contributed by atoms with Gasteiger partial charge in [-0.05, 0) is 38.8 Å². The van der Waals surface area contributed by atoms with Crippen molar-refractivity contribution in [2.45, 2.75) is 32.7 Å². The lowest BCUT2D eigenvalue weighted by Gasteiger charge is -2.14. The molecule has 2 N–H and O–H groups in total. The molecule has 13 heavy (non-hydrogen) atoms. The molecule has 3 nitrogen and oxygen atoms in total. The third-order valence-electron chi connectivity index (χ3n) is 1.70. The summed E-state index contributed by atoms with van der Waals surface area (Å²) >= 11 is 1.65. The number of halogens is 1. The third-order valence-corrected chi connectivity index (χ3v) is 2.30. The van der Waals surface area contributed by atoms with Gasteiger partial charge in [0.05, 0.1) is 5.71 Å². The fourth-order valence-electron chi connectivity index (χ4n) is 1.30. The van der Waals surface area contributed by atoms with Crippen molar-refractivity contribution in [3.05, 3.63) is 0 Å². The van der Waals surface area contributed by atoms with E-state index in [1.165, 1.54) is 0 Å². The summed E-state index contributed by atoms with van der Waals surface area (Å²) in [6.45, 7) is 6.39. The Balaban J connectivity index is 0.00000144. The predicted molar refractivity (Wildman–Crippen MR) is 54.4 cm³/mol. The van der Waals surface area contributed by atoms with E-state index >= 15 is 0 Å². The molecule has 0 unspecified atom stereocenters. The minimum absolute atomic E-state index is 0. The van der Waals surface area contributed by atoms with Crippen molar-refractivity contribution in [1.82, 2.24) is 5.43 Å². The van der Waals surface area contributed by atoms with E-state index < -0.39 is 0 Å². The summed E-state index contributed by atoms with van der Waals surface area (Å²) in [6.07, 6.45) is 3.01. The molecule has 76 valence electrons. The highest BCUT2D eigenvalue weighted by Gasteiger charge is 2.25. The van der Waals surface area contributed by atoms with E-state index in [2.05, 4.69) is 29.4 Å². The first kappa shape index (κ1) is 13.2. The fourth-order valence-corrected chi connectivity index (χ4v) is 1.82. The van der Waals surface area contributed by atoms with Crippen LogP contribution in [-0.4, -0.2) is 22.7 Å². The van der Waals surface area contributed by atoms with Gasteiger partial charge in [-0.2, -0.15) is 0 Å². The summed E-state index contributed by atoms with van der Waals surface area (Å²) in [5, 5.41) is 5.24. The third kappa shape index (κ3) is 4.30. The molecule has 0 radical (unpaired) electrons. The molecule has 0 fully saturated rings. The number of rotatable bonds is 0. The van der Waals surface area contributed by atoms with E-state index in [9.17, 15) is 0 Å². The molecule has 0 amide bonds. The summed E-state index contributed by atoms with van der Waals surface area (Å²) in [5.74, 6) is 0. The molecule has 0 bridgehead atoms. The largest absolute Gasteiger partial charge is 1.00 e. The molecule has 0 atom stereocenters. The lowest BCUT2D eigenvalue weighted by molar-refractivity contribution is -0.540. The van der Waals surface area contributed by atoms with Crippen LogP contribution in [0.25, 0.3) is 0 Å². The first-order valence-corrected chi connectivity index (χ1v) is 5.24. The van der Waals surface area contributed by atoms with Gasteiger partial charge in [0, 0.05) is 6.42 Å². The second-order valence-corrected chi connectivity index (χ2v) is 4.49. The second-order valence-electron chi connectivity index (χ2n) is 3.68. The number of nitrogens with zero attached hydrogens (tertiary/aromatic N) is 1. The first-order valence-electron chi connectivity index (χ1n) is 4.02. The van der Waals surface area contributed by atoms with Gasteiger partial charge < -0.3 is 24.0 Å². The zero-order chi connectivity index (χ0) is 9.19. The second kappa shape index (κ2) is 5.19. The molecule has 0 aliphatic carbocycles. The number of nitrogens with one attached hydrogen (secondary N) is 2. The summed E-state index contributed by atoms with van der Waals surface area (Å²) < 4.78 is 0. The molecule has 0 saturated carbocycles. The maximum atomic E-state index is 4.22. The number of thioether (sulfide) groups is 1. The van der Waals surface area contributed by atoms with Crippen LogP contribution >= 0.6 is 11.8 Å². The van der Waals surface area contributed by atoms with E-state index in [0.717, 1.165) is 17.3 Å². The van der Waals surface area contributed by atoms with Crippen LogP contribution in [0, 0.1) is 0 Å². The van der Waals surface area contributed by atoms with E-state index in [1.54, 1.807) is 11.8 Å². The summed E-state index contributed by atoms with van der Waals surface area (Å²) in [5.41, 5.74) is 4.24. The van der Waals surface area contributed by atoms with E-state index in [1.807, 2.05) is 13.2 Å². The van der Waals surface area contributed by atoms with Crippen molar-refractivity contribution in [3.63, 3.8) is 0 Å². The van der Waals surface area contributed by atoms with Crippen molar-refractivity contribution in [1.29, 1.82) is 0 Å². The van der Waals surface area contributed by atoms with Gasteiger partial charge >= 0.3 is 5.17 Å². The predicted octanol–water partition coefficient (Wildman–Crippen LogP) is -3.06. The lowest BCUT2D eigenvalue weighted by Crippen LogP contribution is -3.00. The van der Waals surface area contributed by atoms with Gasteiger partial charge in [0.15, 0.2) is 0 Å². The van der Waals surface area contributed by atoms with Crippen LogP contribution in [0.5, 0.6) is 0 Å².